The molecular formula is C13H23N3O4. The fourth-order valence-corrected chi connectivity index (χ4v) is 2.01. The molecule has 3 amide bonds. The number of hydrogen-bond donors (Lipinski definition) is 2. The van der Waals surface area contributed by atoms with Gasteiger partial charge >= 0.3 is 12.0 Å². The van der Waals surface area contributed by atoms with E-state index in [1.807, 2.05) is 0 Å². The Bertz CT molecular complexity index is 367. The van der Waals surface area contributed by atoms with Crippen LogP contribution in [0.15, 0.2) is 0 Å². The Morgan fingerprint density at radius 2 is 1.60 bits per heavy atom. The molecule has 2 N–H and O–H groups in total. The third kappa shape index (κ3) is 4.71. The Kier molecular flexibility index (Phi) is 6.27. The molecule has 0 aliphatic carbocycles. The van der Waals surface area contributed by atoms with E-state index in [0.29, 0.717) is 0 Å². The fourth-order valence-electron chi connectivity index (χ4n) is 2.01. The SMILES string of the molecule is COC(=O)[C@H](C)NC(=O)[C@H](C)NC(=O)N1CCCCC1. The first-order chi connectivity index (χ1) is 9.45. The third-order valence-corrected chi connectivity index (χ3v) is 3.29. The maximum Gasteiger partial charge on any atom is 0.328 e. The van der Waals surface area contributed by atoms with Crippen LogP contribution in [0.4, 0.5) is 4.79 Å². The Hall–Kier alpha value is -1.79. The molecule has 7 heteroatoms. The number of nitrogens with one attached hydrogen (secondary N) is 2. The molecule has 2 atom stereocenters. The highest BCUT2D eigenvalue weighted by molar-refractivity contribution is 5.89. The summed E-state index contributed by atoms with van der Waals surface area (Å²) in [6, 6.07) is -1.67. The lowest BCUT2D eigenvalue weighted by molar-refractivity contribution is -0.144. The quantitative estimate of drug-likeness (QED) is 0.725. The van der Waals surface area contributed by atoms with Crippen LogP contribution in [0.25, 0.3) is 0 Å². The van der Waals surface area contributed by atoms with Gasteiger partial charge < -0.3 is 20.3 Å². The molecule has 1 aliphatic rings. The van der Waals surface area contributed by atoms with Gasteiger partial charge in [0.1, 0.15) is 12.1 Å². The van der Waals surface area contributed by atoms with Crippen molar-refractivity contribution in [2.24, 2.45) is 0 Å². The molecule has 0 spiro atoms. The molecule has 0 radical (unpaired) electrons. The van der Waals surface area contributed by atoms with Crippen molar-refractivity contribution in [2.45, 2.75) is 45.2 Å². The van der Waals surface area contributed by atoms with Gasteiger partial charge in [-0.1, -0.05) is 0 Å². The first-order valence-electron chi connectivity index (χ1n) is 6.89. The van der Waals surface area contributed by atoms with E-state index in [9.17, 15) is 14.4 Å². The minimum atomic E-state index is -0.734. The molecule has 0 aromatic rings. The van der Waals surface area contributed by atoms with Gasteiger partial charge in [0.25, 0.3) is 0 Å². The van der Waals surface area contributed by atoms with E-state index in [1.54, 1.807) is 11.8 Å². The van der Waals surface area contributed by atoms with Crippen LogP contribution in [0.3, 0.4) is 0 Å². The highest BCUT2D eigenvalue weighted by atomic mass is 16.5. The topological polar surface area (TPSA) is 87.7 Å². The van der Waals surface area contributed by atoms with Gasteiger partial charge in [-0.15, -0.1) is 0 Å². The second-order valence-corrected chi connectivity index (χ2v) is 4.97. The molecule has 1 saturated heterocycles. The van der Waals surface area contributed by atoms with Crippen molar-refractivity contribution >= 4 is 17.9 Å². The number of carbonyl (C=O) groups is 3. The highest BCUT2D eigenvalue weighted by Gasteiger charge is 2.23. The number of piperidine rings is 1. The lowest BCUT2D eigenvalue weighted by atomic mass is 10.1. The van der Waals surface area contributed by atoms with E-state index >= 15 is 0 Å². The van der Waals surface area contributed by atoms with Crippen LogP contribution in [0.5, 0.6) is 0 Å². The van der Waals surface area contributed by atoms with Crippen LogP contribution in [0.1, 0.15) is 33.1 Å². The molecule has 1 aliphatic heterocycles. The van der Waals surface area contributed by atoms with Crippen LogP contribution < -0.4 is 10.6 Å². The minimum absolute atomic E-state index is 0.238. The van der Waals surface area contributed by atoms with Crippen LogP contribution in [0.2, 0.25) is 0 Å². The van der Waals surface area contributed by atoms with Gasteiger partial charge in [-0.2, -0.15) is 0 Å². The zero-order chi connectivity index (χ0) is 15.1. The molecule has 0 unspecified atom stereocenters. The average Bonchev–Trinajstić information content (AvgIpc) is 2.46. The zero-order valence-electron chi connectivity index (χ0n) is 12.3. The smallest absolute Gasteiger partial charge is 0.328 e. The standard InChI is InChI=1S/C13H23N3O4/c1-9(11(17)14-10(2)12(18)20-3)15-13(19)16-7-5-4-6-8-16/h9-10H,4-8H2,1-3H3,(H,14,17)(H,15,19)/t9-,10-/m0/s1. The Morgan fingerprint density at radius 1 is 1.00 bits per heavy atom. The van der Waals surface area contributed by atoms with Crippen molar-refractivity contribution in [3.8, 4) is 0 Å². The lowest BCUT2D eigenvalue weighted by Gasteiger charge is -2.28. The maximum atomic E-state index is 11.9. The number of amides is 3. The van der Waals surface area contributed by atoms with Crippen LogP contribution >= 0.6 is 0 Å². The second-order valence-electron chi connectivity index (χ2n) is 4.97. The number of esters is 1. The summed E-state index contributed by atoms with van der Waals surface area (Å²) in [4.78, 5) is 36.7. The van der Waals surface area contributed by atoms with Gasteiger partial charge in [-0.05, 0) is 33.1 Å². The molecule has 0 aromatic carbocycles. The number of urea groups is 1. The number of likely N-dealkylation sites (tertiary alicyclic amines) is 1. The summed E-state index contributed by atoms with van der Waals surface area (Å²) in [6.07, 6.45) is 3.12. The number of methoxy groups -OCH3 is 1. The van der Waals surface area contributed by atoms with E-state index in [0.717, 1.165) is 32.4 Å². The molecule has 114 valence electrons. The van der Waals surface area contributed by atoms with Crippen molar-refractivity contribution in [1.29, 1.82) is 0 Å². The normalized spacial score (nSPS) is 17.9. The predicted octanol–water partition coefficient (Wildman–Crippen LogP) is 0.248. The molecule has 1 rings (SSSR count). The molecule has 0 bridgehead atoms. The number of rotatable bonds is 4. The van der Waals surface area contributed by atoms with Gasteiger partial charge in [0.2, 0.25) is 5.91 Å². The largest absolute Gasteiger partial charge is 0.467 e. The Labute approximate surface area is 119 Å². The zero-order valence-corrected chi connectivity index (χ0v) is 12.3. The highest BCUT2D eigenvalue weighted by Crippen LogP contribution is 2.08. The molecule has 1 heterocycles. The molecular weight excluding hydrogens is 262 g/mol. The summed E-state index contributed by atoms with van der Waals surface area (Å²) in [5, 5.41) is 5.13. The summed E-state index contributed by atoms with van der Waals surface area (Å²) in [5.74, 6) is -0.929. The van der Waals surface area contributed by atoms with E-state index in [-0.39, 0.29) is 6.03 Å². The first kappa shape index (κ1) is 16.3. The maximum absolute atomic E-state index is 11.9. The molecule has 1 fully saturated rings. The molecule has 0 aromatic heterocycles. The number of hydrogen-bond acceptors (Lipinski definition) is 4. The van der Waals surface area contributed by atoms with Crippen molar-refractivity contribution in [2.75, 3.05) is 20.2 Å². The van der Waals surface area contributed by atoms with Gasteiger partial charge in [-0.3, -0.25) is 4.79 Å². The van der Waals surface area contributed by atoms with E-state index in [4.69, 9.17) is 0 Å². The van der Waals surface area contributed by atoms with Gasteiger partial charge in [0, 0.05) is 13.1 Å². The van der Waals surface area contributed by atoms with Crippen LogP contribution in [0, 0.1) is 0 Å². The number of nitrogens with zero attached hydrogens (tertiary/aromatic N) is 1. The van der Waals surface area contributed by atoms with Crippen LogP contribution in [-0.2, 0) is 14.3 Å². The van der Waals surface area contributed by atoms with E-state index < -0.39 is 24.0 Å². The number of ether oxygens (including phenoxy) is 1. The number of carbonyl (C=O) groups excluding carboxylic acids is 3. The van der Waals surface area contributed by atoms with E-state index in [1.165, 1.54) is 14.0 Å². The Morgan fingerprint density at radius 3 is 2.15 bits per heavy atom. The first-order valence-corrected chi connectivity index (χ1v) is 6.89. The van der Waals surface area contributed by atoms with Crippen molar-refractivity contribution in [3.05, 3.63) is 0 Å². The van der Waals surface area contributed by atoms with Gasteiger partial charge in [0.05, 0.1) is 7.11 Å². The molecule has 20 heavy (non-hydrogen) atoms. The third-order valence-electron chi connectivity index (χ3n) is 3.29. The Balaban J connectivity index is 2.40. The molecule has 7 nitrogen and oxygen atoms in total. The minimum Gasteiger partial charge on any atom is -0.467 e. The van der Waals surface area contributed by atoms with Gasteiger partial charge in [0.15, 0.2) is 0 Å². The molecule has 0 saturated carbocycles. The summed E-state index contributed by atoms with van der Waals surface area (Å²) in [7, 11) is 1.26. The summed E-state index contributed by atoms with van der Waals surface area (Å²) in [6.45, 7) is 4.56. The second kappa shape index (κ2) is 7.72. The summed E-state index contributed by atoms with van der Waals surface area (Å²) in [5.41, 5.74) is 0. The predicted molar refractivity (Wildman–Crippen MR) is 73.0 cm³/mol. The van der Waals surface area contributed by atoms with Gasteiger partial charge in [-0.25, -0.2) is 9.59 Å². The fraction of sp³-hybridized carbons (Fsp3) is 0.769. The summed E-state index contributed by atoms with van der Waals surface area (Å²) >= 11 is 0. The van der Waals surface area contributed by atoms with Crippen LogP contribution in [-0.4, -0.2) is 55.1 Å². The monoisotopic (exact) mass is 285 g/mol. The van der Waals surface area contributed by atoms with E-state index in [2.05, 4.69) is 15.4 Å². The van der Waals surface area contributed by atoms with Crippen molar-refractivity contribution < 1.29 is 19.1 Å². The van der Waals surface area contributed by atoms with Crippen molar-refractivity contribution in [3.63, 3.8) is 0 Å². The summed E-state index contributed by atoms with van der Waals surface area (Å²) < 4.78 is 4.52. The van der Waals surface area contributed by atoms with Crippen molar-refractivity contribution in [1.82, 2.24) is 15.5 Å². The average molecular weight is 285 g/mol. The lowest BCUT2D eigenvalue weighted by Crippen LogP contribution is -2.53.